The lowest BCUT2D eigenvalue weighted by Gasteiger charge is -2.36. The van der Waals surface area contributed by atoms with Gasteiger partial charge >= 0.3 is 5.97 Å². The Hall–Kier alpha value is -2.77. The fourth-order valence-corrected chi connectivity index (χ4v) is 4.00. The first-order valence-electron chi connectivity index (χ1n) is 9.38. The van der Waals surface area contributed by atoms with Crippen LogP contribution in [0.2, 0.25) is 0 Å². The number of carboxylic acids is 1. The Kier molecular flexibility index (Phi) is 6.38. The number of carbonyl (C=O) groups is 1. The quantitative estimate of drug-likeness (QED) is 0.561. The van der Waals surface area contributed by atoms with Crippen LogP contribution >= 0.6 is 0 Å². The topological polar surface area (TPSA) is 104 Å². The molecule has 2 N–H and O–H groups in total. The van der Waals surface area contributed by atoms with Crippen molar-refractivity contribution in [3.05, 3.63) is 75.8 Å². The van der Waals surface area contributed by atoms with Crippen LogP contribution in [0.15, 0.2) is 54.6 Å². The van der Waals surface area contributed by atoms with Crippen molar-refractivity contribution in [2.75, 3.05) is 13.1 Å². The summed E-state index contributed by atoms with van der Waals surface area (Å²) in [6.07, 6.45) is -0.159. The van der Waals surface area contributed by atoms with Crippen LogP contribution in [0.4, 0.5) is 5.69 Å². The van der Waals surface area contributed by atoms with Crippen LogP contribution in [0, 0.1) is 22.0 Å². The summed E-state index contributed by atoms with van der Waals surface area (Å²) in [6, 6.07) is 15.9. The lowest BCUT2D eigenvalue weighted by Crippen LogP contribution is -2.39. The number of aliphatic hydroxyl groups excluding tert-OH is 1. The third-order valence-corrected chi connectivity index (χ3v) is 5.47. The largest absolute Gasteiger partial charge is 0.481 e. The van der Waals surface area contributed by atoms with Gasteiger partial charge in [0.1, 0.15) is 0 Å². The summed E-state index contributed by atoms with van der Waals surface area (Å²) in [4.78, 5) is 24.9. The molecule has 7 nitrogen and oxygen atoms in total. The van der Waals surface area contributed by atoms with Crippen molar-refractivity contribution in [3.63, 3.8) is 0 Å². The predicted octanol–water partition coefficient (Wildman–Crippen LogP) is 3.24. The van der Waals surface area contributed by atoms with Gasteiger partial charge in [-0.1, -0.05) is 42.5 Å². The molecule has 1 saturated heterocycles. The van der Waals surface area contributed by atoms with Crippen LogP contribution in [0.3, 0.4) is 0 Å². The average molecular weight is 384 g/mol. The van der Waals surface area contributed by atoms with Gasteiger partial charge in [-0.2, -0.15) is 0 Å². The van der Waals surface area contributed by atoms with Gasteiger partial charge in [-0.3, -0.25) is 19.8 Å². The number of hydrogen-bond acceptors (Lipinski definition) is 5. The number of benzene rings is 2. The van der Waals surface area contributed by atoms with Crippen molar-refractivity contribution in [1.82, 2.24) is 4.90 Å². The van der Waals surface area contributed by atoms with E-state index in [1.54, 1.807) is 6.07 Å². The summed E-state index contributed by atoms with van der Waals surface area (Å²) in [5.74, 6) is -2.42. The molecule has 0 spiro atoms. The number of nitrogens with zero attached hydrogens (tertiary/aromatic N) is 2. The number of carboxylic acid groups (broad SMARTS) is 1. The molecule has 1 aliphatic rings. The van der Waals surface area contributed by atoms with E-state index < -0.39 is 22.9 Å². The Morgan fingerprint density at radius 3 is 2.32 bits per heavy atom. The van der Waals surface area contributed by atoms with E-state index in [1.807, 2.05) is 18.2 Å². The van der Waals surface area contributed by atoms with Gasteiger partial charge in [-0.25, -0.2) is 0 Å². The molecule has 2 aromatic carbocycles. The molecule has 3 rings (SSSR count). The molecule has 2 atom stereocenters. The Morgan fingerprint density at radius 1 is 1.11 bits per heavy atom. The highest BCUT2D eigenvalue weighted by atomic mass is 16.6. The number of hydrogen-bond donors (Lipinski definition) is 2. The van der Waals surface area contributed by atoms with Gasteiger partial charge in [0.25, 0.3) is 5.69 Å². The highest BCUT2D eigenvalue weighted by Gasteiger charge is 2.39. The fourth-order valence-electron chi connectivity index (χ4n) is 4.00. The zero-order valence-corrected chi connectivity index (χ0v) is 15.5. The van der Waals surface area contributed by atoms with Gasteiger partial charge in [0.15, 0.2) is 0 Å². The second-order valence-electron chi connectivity index (χ2n) is 7.22. The van der Waals surface area contributed by atoms with Crippen LogP contribution in [-0.4, -0.2) is 39.1 Å². The van der Waals surface area contributed by atoms with Crippen molar-refractivity contribution in [3.8, 4) is 0 Å². The van der Waals surface area contributed by atoms with Gasteiger partial charge in [0.2, 0.25) is 0 Å². The number of para-hydroxylation sites is 1. The van der Waals surface area contributed by atoms with Crippen molar-refractivity contribution >= 4 is 11.7 Å². The molecule has 0 aromatic heterocycles. The molecule has 0 radical (unpaired) electrons. The summed E-state index contributed by atoms with van der Waals surface area (Å²) < 4.78 is 0. The van der Waals surface area contributed by atoms with Crippen molar-refractivity contribution in [2.45, 2.75) is 25.5 Å². The fraction of sp³-hybridized carbons (Fsp3) is 0.381. The van der Waals surface area contributed by atoms with E-state index >= 15 is 0 Å². The van der Waals surface area contributed by atoms with Crippen LogP contribution in [0.5, 0.6) is 0 Å². The lowest BCUT2D eigenvalue weighted by atomic mass is 9.78. The van der Waals surface area contributed by atoms with Crippen LogP contribution in [0.1, 0.15) is 30.1 Å². The van der Waals surface area contributed by atoms with Crippen molar-refractivity contribution < 1.29 is 19.9 Å². The molecule has 28 heavy (non-hydrogen) atoms. The maximum Gasteiger partial charge on any atom is 0.309 e. The molecule has 0 bridgehead atoms. The molecule has 1 fully saturated rings. The predicted molar refractivity (Wildman–Crippen MR) is 104 cm³/mol. The third kappa shape index (κ3) is 4.55. The first kappa shape index (κ1) is 20.0. The maximum atomic E-state index is 11.9. The van der Waals surface area contributed by atoms with Gasteiger partial charge in [0, 0.05) is 12.6 Å². The Balaban J connectivity index is 1.70. The van der Waals surface area contributed by atoms with Crippen LogP contribution in [0.25, 0.3) is 0 Å². The SMILES string of the molecule is O=C(O)C(C1CCN(Cc2ccccc2)CC1)C(O)c1ccccc1[N+](=O)[O-]. The molecule has 1 heterocycles. The molecule has 0 amide bonds. The minimum atomic E-state index is -1.41. The molecular formula is C21H24N2O5. The minimum Gasteiger partial charge on any atom is -0.481 e. The standard InChI is InChI=1S/C21H24N2O5/c24-20(17-8-4-5-9-18(17)23(27)28)19(21(25)26)16-10-12-22(13-11-16)14-15-6-2-1-3-7-15/h1-9,16,19-20,24H,10-14H2,(H,25,26). The molecule has 1 aliphatic heterocycles. The Morgan fingerprint density at radius 2 is 1.71 bits per heavy atom. The van der Waals surface area contributed by atoms with Crippen molar-refractivity contribution in [2.24, 2.45) is 11.8 Å². The summed E-state index contributed by atoms with van der Waals surface area (Å²) in [6.45, 7) is 2.26. The van der Waals surface area contributed by atoms with Gasteiger partial charge in [-0.05, 0) is 43.5 Å². The van der Waals surface area contributed by atoms with Crippen LogP contribution in [-0.2, 0) is 11.3 Å². The normalized spacial score (nSPS) is 17.8. The highest BCUT2D eigenvalue weighted by molar-refractivity contribution is 5.72. The van der Waals surface area contributed by atoms with E-state index in [0.717, 1.165) is 19.6 Å². The second-order valence-corrected chi connectivity index (χ2v) is 7.22. The van der Waals surface area contributed by atoms with E-state index in [1.165, 1.54) is 23.8 Å². The molecule has 148 valence electrons. The highest BCUT2D eigenvalue weighted by Crippen LogP contribution is 2.38. The molecule has 2 aromatic rings. The lowest BCUT2D eigenvalue weighted by molar-refractivity contribution is -0.386. The van der Waals surface area contributed by atoms with E-state index in [2.05, 4.69) is 17.0 Å². The molecule has 0 aliphatic carbocycles. The zero-order chi connectivity index (χ0) is 20.1. The molecular weight excluding hydrogens is 360 g/mol. The number of rotatable bonds is 7. The summed E-state index contributed by atoms with van der Waals surface area (Å²) in [7, 11) is 0. The Bertz CT molecular complexity index is 819. The molecule has 2 unspecified atom stereocenters. The Labute approximate surface area is 163 Å². The van der Waals surface area contributed by atoms with Gasteiger partial charge < -0.3 is 10.2 Å². The maximum absolute atomic E-state index is 11.9. The number of nitro benzene ring substituents is 1. The number of aliphatic carboxylic acids is 1. The summed E-state index contributed by atoms with van der Waals surface area (Å²) in [5, 5.41) is 31.7. The summed E-state index contributed by atoms with van der Waals surface area (Å²) in [5.41, 5.74) is 1.02. The van der Waals surface area contributed by atoms with E-state index in [-0.39, 0.29) is 17.2 Å². The number of piperidine rings is 1. The molecule has 7 heteroatoms. The van der Waals surface area contributed by atoms with Gasteiger partial charge in [0.05, 0.1) is 22.5 Å². The third-order valence-electron chi connectivity index (χ3n) is 5.47. The summed E-state index contributed by atoms with van der Waals surface area (Å²) >= 11 is 0. The number of aliphatic hydroxyl groups is 1. The van der Waals surface area contributed by atoms with Crippen molar-refractivity contribution in [1.29, 1.82) is 0 Å². The minimum absolute atomic E-state index is 0.0617. The van der Waals surface area contributed by atoms with E-state index in [9.17, 15) is 25.1 Å². The van der Waals surface area contributed by atoms with Crippen LogP contribution < -0.4 is 0 Å². The van der Waals surface area contributed by atoms with Gasteiger partial charge in [-0.15, -0.1) is 0 Å². The zero-order valence-electron chi connectivity index (χ0n) is 15.5. The van der Waals surface area contributed by atoms with E-state index in [4.69, 9.17) is 0 Å². The number of likely N-dealkylation sites (tertiary alicyclic amines) is 1. The smallest absolute Gasteiger partial charge is 0.309 e. The average Bonchev–Trinajstić information content (AvgIpc) is 2.70. The molecule has 0 saturated carbocycles. The monoisotopic (exact) mass is 384 g/mol. The first-order chi connectivity index (χ1) is 13.5. The second kappa shape index (κ2) is 8.95. The van der Waals surface area contributed by atoms with E-state index in [0.29, 0.717) is 12.8 Å². The number of nitro groups is 1. The first-order valence-corrected chi connectivity index (χ1v) is 9.38.